The monoisotopic (exact) mass is 236 g/mol. The fourth-order valence-corrected chi connectivity index (χ4v) is 1.49. The summed E-state index contributed by atoms with van der Waals surface area (Å²) in [5, 5.41) is 19.6. The average Bonchev–Trinajstić information content (AvgIpc) is 2.82. The smallest absolute Gasteiger partial charge is 0.133 e. The summed E-state index contributed by atoms with van der Waals surface area (Å²) in [7, 11) is 0. The maximum Gasteiger partial charge on any atom is 0.133 e. The van der Waals surface area contributed by atoms with E-state index in [1.807, 2.05) is 38.2 Å². The van der Waals surface area contributed by atoms with E-state index in [4.69, 9.17) is 4.42 Å². The van der Waals surface area contributed by atoms with Crippen molar-refractivity contribution in [2.75, 3.05) is 0 Å². The molecule has 2 atom stereocenters. The van der Waals surface area contributed by atoms with Crippen LogP contribution in [-0.2, 0) is 0 Å². The molecule has 3 heteroatoms. The van der Waals surface area contributed by atoms with Gasteiger partial charge in [0.15, 0.2) is 0 Å². The van der Waals surface area contributed by atoms with E-state index in [1.165, 1.54) is 0 Å². The van der Waals surface area contributed by atoms with Gasteiger partial charge < -0.3 is 14.6 Å². The normalized spacial score (nSPS) is 15.8. The summed E-state index contributed by atoms with van der Waals surface area (Å²) in [4.78, 5) is 0. The zero-order valence-corrected chi connectivity index (χ0v) is 10.3. The zero-order valence-electron chi connectivity index (χ0n) is 10.3. The molecule has 1 aromatic rings. The minimum atomic E-state index is -0.645. The van der Waals surface area contributed by atoms with Gasteiger partial charge in [0.25, 0.3) is 0 Å². The molecule has 94 valence electrons. The van der Waals surface area contributed by atoms with Crippen LogP contribution in [0.25, 0.3) is 0 Å². The summed E-state index contributed by atoms with van der Waals surface area (Å²) in [5.74, 6) is 0.996. The van der Waals surface area contributed by atoms with E-state index in [0.29, 0.717) is 24.4 Å². The molecule has 0 aliphatic rings. The highest BCUT2D eigenvalue weighted by atomic mass is 16.4. The van der Waals surface area contributed by atoms with Crippen molar-refractivity contribution in [1.82, 2.24) is 0 Å². The van der Waals surface area contributed by atoms with Gasteiger partial charge in [0.2, 0.25) is 0 Å². The minimum absolute atomic E-state index is 0.498. The van der Waals surface area contributed by atoms with Gasteiger partial charge in [0, 0.05) is 0 Å². The van der Waals surface area contributed by atoms with Crippen LogP contribution in [0.4, 0.5) is 0 Å². The maximum atomic E-state index is 9.78. The Balaban J connectivity index is 2.63. The number of furan rings is 1. The van der Waals surface area contributed by atoms with Crippen LogP contribution in [0.1, 0.15) is 50.4 Å². The molecule has 0 aliphatic heterocycles. The van der Waals surface area contributed by atoms with Gasteiger partial charge in [-0.05, 0) is 38.8 Å². The molecule has 0 radical (unpaired) electrons. The van der Waals surface area contributed by atoms with Crippen molar-refractivity contribution in [3.8, 4) is 0 Å². The van der Waals surface area contributed by atoms with Gasteiger partial charge >= 0.3 is 0 Å². The van der Waals surface area contributed by atoms with Crippen molar-refractivity contribution in [3.05, 3.63) is 48.0 Å². The van der Waals surface area contributed by atoms with Crippen LogP contribution in [0.2, 0.25) is 0 Å². The zero-order chi connectivity index (χ0) is 12.7. The van der Waals surface area contributed by atoms with Crippen molar-refractivity contribution < 1.29 is 14.6 Å². The second-order valence-electron chi connectivity index (χ2n) is 3.88. The van der Waals surface area contributed by atoms with Crippen LogP contribution in [0.15, 0.2) is 40.9 Å². The summed E-state index contributed by atoms with van der Waals surface area (Å²) >= 11 is 0. The molecule has 3 nitrogen and oxygen atoms in total. The second-order valence-corrected chi connectivity index (χ2v) is 3.88. The third-order valence-electron chi connectivity index (χ3n) is 2.49. The third kappa shape index (κ3) is 4.21. The SMILES string of the molecule is C/C=C/CC(O)c1ccc(C(O)C/C=C/C)o1. The Kier molecular flexibility index (Phi) is 5.73. The lowest BCUT2D eigenvalue weighted by molar-refractivity contribution is 0.124. The molecule has 0 aliphatic carbocycles. The molecule has 0 saturated heterocycles. The van der Waals surface area contributed by atoms with Crippen molar-refractivity contribution in [2.24, 2.45) is 0 Å². The molecule has 17 heavy (non-hydrogen) atoms. The largest absolute Gasteiger partial charge is 0.461 e. The predicted octanol–water partition coefficient (Wildman–Crippen LogP) is 3.28. The molecule has 2 N–H and O–H groups in total. The molecule has 0 spiro atoms. The fraction of sp³-hybridized carbons (Fsp3) is 0.429. The Morgan fingerprint density at radius 1 is 1.00 bits per heavy atom. The first-order valence-electron chi connectivity index (χ1n) is 5.87. The molecule has 1 heterocycles. The Morgan fingerprint density at radius 2 is 1.41 bits per heavy atom. The molecular weight excluding hydrogens is 216 g/mol. The molecule has 2 unspecified atom stereocenters. The van der Waals surface area contributed by atoms with E-state index >= 15 is 0 Å². The number of aliphatic hydroxyl groups is 2. The predicted molar refractivity (Wildman–Crippen MR) is 67.5 cm³/mol. The first kappa shape index (κ1) is 13.7. The third-order valence-corrected chi connectivity index (χ3v) is 2.49. The van der Waals surface area contributed by atoms with E-state index in [9.17, 15) is 10.2 Å². The van der Waals surface area contributed by atoms with Crippen LogP contribution in [0, 0.1) is 0 Å². The van der Waals surface area contributed by atoms with E-state index in [1.54, 1.807) is 12.1 Å². The average molecular weight is 236 g/mol. The van der Waals surface area contributed by atoms with E-state index in [2.05, 4.69) is 0 Å². The molecule has 0 bridgehead atoms. The fourth-order valence-electron chi connectivity index (χ4n) is 1.49. The van der Waals surface area contributed by atoms with Crippen molar-refractivity contribution in [2.45, 2.75) is 38.9 Å². The number of allylic oxidation sites excluding steroid dienone is 2. The van der Waals surface area contributed by atoms with Crippen molar-refractivity contribution in [1.29, 1.82) is 0 Å². The summed E-state index contributed by atoms with van der Waals surface area (Å²) in [6.07, 6.45) is 7.28. The van der Waals surface area contributed by atoms with E-state index in [-0.39, 0.29) is 0 Å². The van der Waals surface area contributed by atoms with Gasteiger partial charge in [-0.25, -0.2) is 0 Å². The minimum Gasteiger partial charge on any atom is -0.461 e. The summed E-state index contributed by atoms with van der Waals surface area (Å²) in [6, 6.07) is 3.42. The second kappa shape index (κ2) is 7.09. The molecule has 0 fully saturated rings. The lowest BCUT2D eigenvalue weighted by Crippen LogP contribution is -1.95. The summed E-state index contributed by atoms with van der Waals surface area (Å²) < 4.78 is 5.43. The highest BCUT2D eigenvalue weighted by Crippen LogP contribution is 2.25. The quantitative estimate of drug-likeness (QED) is 0.745. The molecule has 0 aromatic carbocycles. The number of aliphatic hydroxyl groups excluding tert-OH is 2. The lowest BCUT2D eigenvalue weighted by atomic mass is 10.2. The van der Waals surface area contributed by atoms with Gasteiger partial charge in [-0.3, -0.25) is 0 Å². The number of hydrogen-bond acceptors (Lipinski definition) is 3. The Bertz CT molecular complexity index is 342. The maximum absolute atomic E-state index is 9.78. The highest BCUT2D eigenvalue weighted by molar-refractivity contribution is 5.12. The van der Waals surface area contributed by atoms with Crippen LogP contribution in [0.3, 0.4) is 0 Å². The van der Waals surface area contributed by atoms with Crippen LogP contribution < -0.4 is 0 Å². The topological polar surface area (TPSA) is 53.6 Å². The Morgan fingerprint density at radius 3 is 1.76 bits per heavy atom. The Hall–Kier alpha value is -1.32. The van der Waals surface area contributed by atoms with Crippen LogP contribution in [0.5, 0.6) is 0 Å². The van der Waals surface area contributed by atoms with Gasteiger partial charge in [0.05, 0.1) is 0 Å². The van der Waals surface area contributed by atoms with Crippen molar-refractivity contribution in [3.63, 3.8) is 0 Å². The van der Waals surface area contributed by atoms with Crippen molar-refractivity contribution >= 4 is 0 Å². The van der Waals surface area contributed by atoms with E-state index in [0.717, 1.165) is 0 Å². The summed E-state index contributed by atoms with van der Waals surface area (Å²) in [6.45, 7) is 3.81. The molecule has 1 rings (SSSR count). The van der Waals surface area contributed by atoms with Crippen LogP contribution >= 0.6 is 0 Å². The number of hydrogen-bond donors (Lipinski definition) is 2. The van der Waals surface area contributed by atoms with Crippen LogP contribution in [-0.4, -0.2) is 10.2 Å². The highest BCUT2D eigenvalue weighted by Gasteiger charge is 2.15. The van der Waals surface area contributed by atoms with E-state index < -0.39 is 12.2 Å². The molecule has 0 amide bonds. The van der Waals surface area contributed by atoms with Gasteiger partial charge in [-0.1, -0.05) is 24.3 Å². The lowest BCUT2D eigenvalue weighted by Gasteiger charge is -2.06. The first-order valence-corrected chi connectivity index (χ1v) is 5.87. The molecular formula is C14H20O3. The first-order chi connectivity index (χ1) is 8.19. The molecule has 1 aromatic heterocycles. The summed E-state index contributed by atoms with van der Waals surface area (Å²) in [5.41, 5.74) is 0. The van der Waals surface area contributed by atoms with Gasteiger partial charge in [-0.2, -0.15) is 0 Å². The standard InChI is InChI=1S/C14H20O3/c1-3-5-7-11(15)13-9-10-14(17-13)12(16)8-6-4-2/h3-6,9-12,15-16H,7-8H2,1-2H3/b5-3+,6-4+. The molecule has 0 saturated carbocycles. The van der Waals surface area contributed by atoms with Gasteiger partial charge in [-0.15, -0.1) is 0 Å². The Labute approximate surface area is 102 Å². The van der Waals surface area contributed by atoms with Gasteiger partial charge in [0.1, 0.15) is 23.7 Å². The number of rotatable bonds is 6.